The van der Waals surface area contributed by atoms with E-state index >= 15 is 0 Å². The molecule has 1 aliphatic carbocycles. The quantitative estimate of drug-likeness (QED) is 0.792. The lowest BCUT2D eigenvalue weighted by atomic mass is 9.83. The fraction of sp³-hybridized carbons (Fsp3) is 1.00. The van der Waals surface area contributed by atoms with Crippen molar-refractivity contribution in [3.8, 4) is 0 Å². The summed E-state index contributed by atoms with van der Waals surface area (Å²) in [7, 11) is 0. The molecule has 0 aromatic heterocycles. The summed E-state index contributed by atoms with van der Waals surface area (Å²) in [5.41, 5.74) is 0. The zero-order chi connectivity index (χ0) is 12.1. The Bertz CT molecular complexity index is 209. The summed E-state index contributed by atoms with van der Waals surface area (Å²) in [4.78, 5) is 2.70. The number of nitrogens with zero attached hydrogens (tertiary/aromatic N) is 1. The zero-order valence-electron chi connectivity index (χ0n) is 11.8. The Balaban J connectivity index is 1.64. The van der Waals surface area contributed by atoms with Gasteiger partial charge in [-0.25, -0.2) is 0 Å². The van der Waals surface area contributed by atoms with Crippen LogP contribution in [0.5, 0.6) is 0 Å². The number of hydrogen-bond acceptors (Lipinski definition) is 2. The van der Waals surface area contributed by atoms with Gasteiger partial charge in [0.1, 0.15) is 0 Å². The first-order chi connectivity index (χ1) is 8.28. The van der Waals surface area contributed by atoms with Crippen LogP contribution in [0.3, 0.4) is 0 Å². The largest absolute Gasteiger partial charge is 0.313 e. The van der Waals surface area contributed by atoms with Gasteiger partial charge < -0.3 is 10.2 Å². The van der Waals surface area contributed by atoms with E-state index in [9.17, 15) is 0 Å². The number of likely N-dealkylation sites (tertiary alicyclic amines) is 1. The molecular formula is C15H30N2. The monoisotopic (exact) mass is 238 g/mol. The summed E-state index contributed by atoms with van der Waals surface area (Å²) in [6.07, 6.45) is 8.52. The van der Waals surface area contributed by atoms with E-state index in [1.165, 1.54) is 64.7 Å². The fourth-order valence-electron chi connectivity index (χ4n) is 3.39. The van der Waals surface area contributed by atoms with Crippen LogP contribution in [-0.2, 0) is 0 Å². The second-order valence-corrected chi connectivity index (χ2v) is 6.33. The van der Waals surface area contributed by atoms with Gasteiger partial charge in [-0.05, 0) is 50.6 Å². The van der Waals surface area contributed by atoms with Crippen LogP contribution in [-0.4, -0.2) is 37.1 Å². The van der Waals surface area contributed by atoms with Crippen LogP contribution in [0.2, 0.25) is 0 Å². The van der Waals surface area contributed by atoms with Crippen molar-refractivity contribution in [2.24, 2.45) is 11.8 Å². The van der Waals surface area contributed by atoms with Crippen LogP contribution >= 0.6 is 0 Å². The van der Waals surface area contributed by atoms with Crippen molar-refractivity contribution in [2.45, 2.75) is 58.4 Å². The molecule has 2 heteroatoms. The highest BCUT2D eigenvalue weighted by molar-refractivity contribution is 4.83. The summed E-state index contributed by atoms with van der Waals surface area (Å²) in [6.45, 7) is 9.86. The molecule has 1 atom stereocenters. The Hall–Kier alpha value is -0.0800. The van der Waals surface area contributed by atoms with E-state index < -0.39 is 0 Å². The molecule has 1 saturated heterocycles. The summed E-state index contributed by atoms with van der Waals surface area (Å²) in [6, 6.07) is 0.775. The summed E-state index contributed by atoms with van der Waals surface area (Å²) in [5.74, 6) is 1.99. The predicted molar refractivity (Wildman–Crippen MR) is 74.3 cm³/mol. The van der Waals surface area contributed by atoms with Gasteiger partial charge in [-0.2, -0.15) is 0 Å². The highest BCUT2D eigenvalue weighted by Crippen LogP contribution is 2.29. The van der Waals surface area contributed by atoms with E-state index in [4.69, 9.17) is 0 Å². The molecule has 1 saturated carbocycles. The summed E-state index contributed by atoms with van der Waals surface area (Å²) < 4.78 is 0. The first kappa shape index (κ1) is 13.4. The number of hydrogen-bond donors (Lipinski definition) is 1. The Labute approximate surface area is 107 Å². The lowest BCUT2D eigenvalue weighted by Crippen LogP contribution is -2.35. The third kappa shape index (κ3) is 4.26. The first-order valence-corrected chi connectivity index (χ1v) is 7.73. The maximum absolute atomic E-state index is 3.66. The van der Waals surface area contributed by atoms with Crippen molar-refractivity contribution in [2.75, 3.05) is 26.2 Å². The third-order valence-corrected chi connectivity index (χ3v) is 4.61. The second kappa shape index (κ2) is 6.75. The normalized spacial score (nSPS) is 35.3. The smallest absolute Gasteiger partial charge is 0.0207 e. The van der Waals surface area contributed by atoms with Crippen molar-refractivity contribution in [3.63, 3.8) is 0 Å². The molecule has 0 aromatic rings. The highest BCUT2D eigenvalue weighted by Gasteiger charge is 2.25. The van der Waals surface area contributed by atoms with Crippen LogP contribution in [0, 0.1) is 11.8 Å². The SMILES string of the molecule is CCCNC1CCN(CC2CCC(C)CC2)C1. The van der Waals surface area contributed by atoms with Gasteiger partial charge in [0.05, 0.1) is 0 Å². The van der Waals surface area contributed by atoms with Gasteiger partial charge in [-0.15, -0.1) is 0 Å². The van der Waals surface area contributed by atoms with Crippen molar-refractivity contribution < 1.29 is 0 Å². The van der Waals surface area contributed by atoms with Crippen molar-refractivity contribution in [1.29, 1.82) is 0 Å². The van der Waals surface area contributed by atoms with Crippen LogP contribution < -0.4 is 5.32 Å². The molecule has 2 nitrogen and oxygen atoms in total. The van der Waals surface area contributed by atoms with Gasteiger partial charge in [0.25, 0.3) is 0 Å². The van der Waals surface area contributed by atoms with E-state index in [2.05, 4.69) is 24.1 Å². The van der Waals surface area contributed by atoms with Gasteiger partial charge in [-0.1, -0.05) is 26.7 Å². The van der Waals surface area contributed by atoms with E-state index in [0.29, 0.717) is 0 Å². The molecule has 100 valence electrons. The number of nitrogens with one attached hydrogen (secondary N) is 1. The van der Waals surface area contributed by atoms with Crippen LogP contribution in [0.25, 0.3) is 0 Å². The minimum atomic E-state index is 0.775. The molecule has 0 bridgehead atoms. The maximum Gasteiger partial charge on any atom is 0.0207 e. The Morgan fingerprint density at radius 3 is 2.59 bits per heavy atom. The molecule has 0 spiro atoms. The predicted octanol–water partition coefficient (Wildman–Crippen LogP) is 2.89. The van der Waals surface area contributed by atoms with E-state index in [0.717, 1.165) is 17.9 Å². The topological polar surface area (TPSA) is 15.3 Å². The molecule has 2 aliphatic rings. The Morgan fingerprint density at radius 1 is 1.12 bits per heavy atom. The molecule has 1 N–H and O–H groups in total. The average Bonchev–Trinajstić information content (AvgIpc) is 2.77. The van der Waals surface area contributed by atoms with Gasteiger partial charge in [-0.3, -0.25) is 0 Å². The molecule has 0 radical (unpaired) electrons. The van der Waals surface area contributed by atoms with Crippen LogP contribution in [0.4, 0.5) is 0 Å². The van der Waals surface area contributed by atoms with Gasteiger partial charge >= 0.3 is 0 Å². The standard InChI is InChI=1S/C15H30N2/c1-3-9-16-15-8-10-17(12-15)11-14-6-4-13(2)5-7-14/h13-16H,3-12H2,1-2H3. The van der Waals surface area contributed by atoms with E-state index in [1.807, 2.05) is 0 Å². The summed E-state index contributed by atoms with van der Waals surface area (Å²) >= 11 is 0. The number of rotatable bonds is 5. The van der Waals surface area contributed by atoms with Gasteiger partial charge in [0.2, 0.25) is 0 Å². The molecule has 2 fully saturated rings. The lowest BCUT2D eigenvalue weighted by molar-refractivity contribution is 0.207. The highest BCUT2D eigenvalue weighted by atomic mass is 15.2. The maximum atomic E-state index is 3.66. The third-order valence-electron chi connectivity index (χ3n) is 4.61. The average molecular weight is 238 g/mol. The molecule has 17 heavy (non-hydrogen) atoms. The van der Waals surface area contributed by atoms with Crippen LogP contribution in [0.1, 0.15) is 52.4 Å². The lowest BCUT2D eigenvalue weighted by Gasteiger charge is -2.29. The van der Waals surface area contributed by atoms with E-state index in [1.54, 1.807) is 0 Å². The summed E-state index contributed by atoms with van der Waals surface area (Å²) in [5, 5.41) is 3.66. The Morgan fingerprint density at radius 2 is 1.88 bits per heavy atom. The molecule has 1 heterocycles. The molecule has 0 amide bonds. The zero-order valence-corrected chi connectivity index (χ0v) is 11.8. The molecule has 0 aromatic carbocycles. The van der Waals surface area contributed by atoms with Crippen molar-refractivity contribution >= 4 is 0 Å². The van der Waals surface area contributed by atoms with Gasteiger partial charge in [0, 0.05) is 19.1 Å². The van der Waals surface area contributed by atoms with Crippen molar-refractivity contribution in [3.05, 3.63) is 0 Å². The van der Waals surface area contributed by atoms with Crippen molar-refractivity contribution in [1.82, 2.24) is 10.2 Å². The van der Waals surface area contributed by atoms with Gasteiger partial charge in [0.15, 0.2) is 0 Å². The molecule has 1 unspecified atom stereocenters. The Kier molecular flexibility index (Phi) is 5.30. The van der Waals surface area contributed by atoms with Crippen LogP contribution in [0.15, 0.2) is 0 Å². The fourth-order valence-corrected chi connectivity index (χ4v) is 3.39. The molecule has 2 rings (SSSR count). The second-order valence-electron chi connectivity index (χ2n) is 6.33. The minimum absolute atomic E-state index is 0.775. The van der Waals surface area contributed by atoms with E-state index in [-0.39, 0.29) is 0 Å². The molecular weight excluding hydrogens is 208 g/mol. The minimum Gasteiger partial charge on any atom is -0.313 e. The first-order valence-electron chi connectivity index (χ1n) is 7.73. The molecule has 1 aliphatic heterocycles.